The van der Waals surface area contributed by atoms with E-state index in [1.807, 2.05) is 26.0 Å². The van der Waals surface area contributed by atoms with E-state index in [1.165, 1.54) is 5.56 Å². The highest BCUT2D eigenvalue weighted by Gasteiger charge is 2.25. The zero-order valence-corrected chi connectivity index (χ0v) is 11.2. The molecule has 0 aromatic heterocycles. The average molecular weight is 249 g/mol. The maximum Gasteiger partial charge on any atom is 0.119 e. The van der Waals surface area contributed by atoms with E-state index < -0.39 is 0 Å². The zero-order valence-electron chi connectivity index (χ0n) is 11.2. The topological polar surface area (TPSA) is 41.5 Å². The molecule has 1 aliphatic rings. The largest absolute Gasteiger partial charge is 0.491 e. The summed E-state index contributed by atoms with van der Waals surface area (Å²) >= 11 is 0. The maximum absolute atomic E-state index is 9.43. The number of hydrogen-bond donors (Lipinski definition) is 2. The lowest BCUT2D eigenvalue weighted by Crippen LogP contribution is -2.37. The Morgan fingerprint density at radius 1 is 1.33 bits per heavy atom. The van der Waals surface area contributed by atoms with Gasteiger partial charge in [-0.05, 0) is 50.4 Å². The van der Waals surface area contributed by atoms with Gasteiger partial charge in [0.25, 0.3) is 0 Å². The minimum atomic E-state index is 0.208. The Labute approximate surface area is 109 Å². The van der Waals surface area contributed by atoms with Gasteiger partial charge in [-0.1, -0.05) is 12.1 Å². The summed E-state index contributed by atoms with van der Waals surface area (Å²) in [5, 5.41) is 12.8. The molecule has 0 bridgehead atoms. The fourth-order valence-corrected chi connectivity index (χ4v) is 2.62. The second-order valence-corrected chi connectivity index (χ2v) is 5.28. The van der Waals surface area contributed by atoms with Crippen molar-refractivity contribution in [2.75, 3.05) is 19.7 Å². The first-order valence-electron chi connectivity index (χ1n) is 6.79. The van der Waals surface area contributed by atoms with E-state index in [1.54, 1.807) is 0 Å². The molecule has 1 saturated heterocycles. The normalized spacial score (nSPS) is 24.2. The number of aliphatic hydroxyl groups excluding tert-OH is 1. The molecule has 1 heterocycles. The Hall–Kier alpha value is -1.06. The highest BCUT2D eigenvalue weighted by atomic mass is 16.5. The van der Waals surface area contributed by atoms with Crippen molar-refractivity contribution in [1.29, 1.82) is 0 Å². The third-order valence-electron chi connectivity index (χ3n) is 3.52. The van der Waals surface area contributed by atoms with Gasteiger partial charge in [0.15, 0.2) is 0 Å². The molecule has 2 unspecified atom stereocenters. The summed E-state index contributed by atoms with van der Waals surface area (Å²) < 4.78 is 5.65. The van der Waals surface area contributed by atoms with E-state index in [2.05, 4.69) is 17.4 Å². The molecule has 0 aliphatic carbocycles. The van der Waals surface area contributed by atoms with Crippen molar-refractivity contribution in [2.24, 2.45) is 5.92 Å². The average Bonchev–Trinajstić information content (AvgIpc) is 2.39. The van der Waals surface area contributed by atoms with Gasteiger partial charge >= 0.3 is 0 Å². The van der Waals surface area contributed by atoms with E-state index in [0.29, 0.717) is 11.8 Å². The van der Waals surface area contributed by atoms with E-state index >= 15 is 0 Å². The summed E-state index contributed by atoms with van der Waals surface area (Å²) in [6, 6.07) is 8.34. The van der Waals surface area contributed by atoms with Crippen molar-refractivity contribution in [3.05, 3.63) is 29.8 Å². The summed E-state index contributed by atoms with van der Waals surface area (Å²) in [5.41, 5.74) is 1.31. The number of nitrogens with one attached hydrogen (secondary N) is 1. The molecule has 3 nitrogen and oxygen atoms in total. The lowest BCUT2D eigenvalue weighted by molar-refractivity contribution is 0.179. The molecule has 2 N–H and O–H groups in total. The van der Waals surface area contributed by atoms with Crippen LogP contribution in [0.15, 0.2) is 24.3 Å². The molecule has 100 valence electrons. The smallest absolute Gasteiger partial charge is 0.119 e. The van der Waals surface area contributed by atoms with Gasteiger partial charge in [-0.25, -0.2) is 0 Å². The summed E-state index contributed by atoms with van der Waals surface area (Å²) in [6.07, 6.45) is 1.30. The van der Waals surface area contributed by atoms with Gasteiger partial charge in [-0.2, -0.15) is 0 Å². The standard InChI is InChI=1S/C15H23NO2/c1-11(2)18-14-5-3-12(4-6-14)15-7-8-16-9-13(15)10-17/h3-6,11,13,15-17H,7-10H2,1-2H3. The van der Waals surface area contributed by atoms with E-state index in [-0.39, 0.29) is 12.7 Å². The number of hydrogen-bond acceptors (Lipinski definition) is 3. The summed E-state index contributed by atoms with van der Waals surface area (Å²) in [7, 11) is 0. The SMILES string of the molecule is CC(C)Oc1ccc(C2CCNCC2CO)cc1. The minimum Gasteiger partial charge on any atom is -0.491 e. The van der Waals surface area contributed by atoms with Crippen molar-refractivity contribution in [1.82, 2.24) is 5.32 Å². The van der Waals surface area contributed by atoms with Crippen LogP contribution in [0, 0.1) is 5.92 Å². The second kappa shape index (κ2) is 6.21. The predicted octanol–water partition coefficient (Wildman–Crippen LogP) is 2.16. The molecule has 0 radical (unpaired) electrons. The lowest BCUT2D eigenvalue weighted by Gasteiger charge is -2.31. The van der Waals surface area contributed by atoms with Crippen molar-refractivity contribution in [2.45, 2.75) is 32.3 Å². The highest BCUT2D eigenvalue weighted by Crippen LogP contribution is 2.31. The monoisotopic (exact) mass is 249 g/mol. The van der Waals surface area contributed by atoms with Crippen molar-refractivity contribution in [3.63, 3.8) is 0 Å². The number of benzene rings is 1. The quantitative estimate of drug-likeness (QED) is 0.859. The molecule has 18 heavy (non-hydrogen) atoms. The van der Waals surface area contributed by atoms with Crippen molar-refractivity contribution >= 4 is 0 Å². The van der Waals surface area contributed by atoms with Crippen LogP contribution >= 0.6 is 0 Å². The van der Waals surface area contributed by atoms with Crippen LogP contribution in [-0.4, -0.2) is 30.9 Å². The second-order valence-electron chi connectivity index (χ2n) is 5.28. The zero-order chi connectivity index (χ0) is 13.0. The molecule has 0 amide bonds. The van der Waals surface area contributed by atoms with Gasteiger partial charge in [-0.15, -0.1) is 0 Å². The molecule has 1 aromatic carbocycles. The van der Waals surface area contributed by atoms with Gasteiger partial charge in [0.05, 0.1) is 6.10 Å². The highest BCUT2D eigenvalue weighted by molar-refractivity contribution is 5.30. The molecule has 0 saturated carbocycles. The fraction of sp³-hybridized carbons (Fsp3) is 0.600. The molecule has 3 heteroatoms. The molecule has 1 aromatic rings. The van der Waals surface area contributed by atoms with Crippen LogP contribution in [0.2, 0.25) is 0 Å². The van der Waals surface area contributed by atoms with E-state index in [0.717, 1.165) is 25.3 Å². The Kier molecular flexibility index (Phi) is 4.61. The lowest BCUT2D eigenvalue weighted by atomic mass is 9.81. The Balaban J connectivity index is 2.07. The first kappa shape index (κ1) is 13.4. The predicted molar refractivity (Wildman–Crippen MR) is 73.0 cm³/mol. The van der Waals surface area contributed by atoms with Gasteiger partial charge < -0.3 is 15.2 Å². The summed E-state index contributed by atoms with van der Waals surface area (Å²) in [5.74, 6) is 1.71. The number of ether oxygens (including phenoxy) is 1. The van der Waals surface area contributed by atoms with Crippen molar-refractivity contribution < 1.29 is 9.84 Å². The van der Waals surface area contributed by atoms with E-state index in [9.17, 15) is 5.11 Å². The number of aliphatic hydroxyl groups is 1. The first-order valence-corrected chi connectivity index (χ1v) is 6.79. The maximum atomic E-state index is 9.43. The summed E-state index contributed by atoms with van der Waals surface area (Å²) in [6.45, 7) is 6.25. The molecule has 2 atom stereocenters. The van der Waals surface area contributed by atoms with Crippen LogP contribution < -0.4 is 10.1 Å². The number of rotatable bonds is 4. The van der Waals surface area contributed by atoms with Crippen LogP contribution in [-0.2, 0) is 0 Å². The fourth-order valence-electron chi connectivity index (χ4n) is 2.62. The number of piperidine rings is 1. The molecular formula is C15H23NO2. The van der Waals surface area contributed by atoms with Gasteiger partial charge in [0.2, 0.25) is 0 Å². The van der Waals surface area contributed by atoms with Gasteiger partial charge in [0.1, 0.15) is 5.75 Å². The van der Waals surface area contributed by atoms with Crippen LogP contribution in [0.1, 0.15) is 31.7 Å². The first-order chi connectivity index (χ1) is 8.70. The van der Waals surface area contributed by atoms with E-state index in [4.69, 9.17) is 4.74 Å². The molecule has 1 aliphatic heterocycles. The van der Waals surface area contributed by atoms with Gasteiger partial charge in [0, 0.05) is 19.1 Å². The van der Waals surface area contributed by atoms with Crippen LogP contribution in [0.25, 0.3) is 0 Å². The van der Waals surface area contributed by atoms with Crippen molar-refractivity contribution in [3.8, 4) is 5.75 Å². The molecule has 2 rings (SSSR count). The third-order valence-corrected chi connectivity index (χ3v) is 3.52. The molecular weight excluding hydrogens is 226 g/mol. The Bertz CT molecular complexity index is 361. The van der Waals surface area contributed by atoms with Crippen LogP contribution in [0.5, 0.6) is 5.75 Å². The van der Waals surface area contributed by atoms with Crippen LogP contribution in [0.4, 0.5) is 0 Å². The Morgan fingerprint density at radius 2 is 2.06 bits per heavy atom. The van der Waals surface area contributed by atoms with Gasteiger partial charge in [-0.3, -0.25) is 0 Å². The third kappa shape index (κ3) is 3.24. The minimum absolute atomic E-state index is 0.208. The summed E-state index contributed by atoms with van der Waals surface area (Å²) in [4.78, 5) is 0. The van der Waals surface area contributed by atoms with Crippen LogP contribution in [0.3, 0.4) is 0 Å². The Morgan fingerprint density at radius 3 is 2.67 bits per heavy atom. The molecule has 0 spiro atoms. The molecule has 1 fully saturated rings.